The molecule has 1 rings (SSSR count). The third-order valence-electron chi connectivity index (χ3n) is 3.39. The van der Waals surface area contributed by atoms with Crippen LogP contribution in [0.15, 0.2) is 18.2 Å². The van der Waals surface area contributed by atoms with Gasteiger partial charge in [-0.1, -0.05) is 6.92 Å². The Labute approximate surface area is 124 Å². The monoisotopic (exact) mass is 300 g/mol. The number of ether oxygens (including phenoxy) is 1. The van der Waals surface area contributed by atoms with Crippen molar-refractivity contribution in [2.75, 3.05) is 25.2 Å². The van der Waals surface area contributed by atoms with Gasteiger partial charge in [0.2, 0.25) is 0 Å². The molecule has 0 aliphatic heterocycles. The predicted octanol–water partition coefficient (Wildman–Crippen LogP) is 3.58. The minimum Gasteiger partial charge on any atom is -0.383 e. The molecule has 0 amide bonds. The highest BCUT2D eigenvalue weighted by Crippen LogP contribution is 2.28. The lowest BCUT2D eigenvalue weighted by atomic mass is 10.1. The minimum atomic E-state index is -0.400. The maximum absolute atomic E-state index is 10.8. The van der Waals surface area contributed by atoms with E-state index in [1.54, 1.807) is 19.2 Å². The van der Waals surface area contributed by atoms with E-state index in [-0.39, 0.29) is 11.6 Å². The molecule has 1 atom stereocenters. The van der Waals surface area contributed by atoms with E-state index in [2.05, 4.69) is 18.7 Å². The second-order valence-electron chi connectivity index (χ2n) is 4.65. The number of nitrogens with zero attached hydrogens (tertiary/aromatic N) is 2. The van der Waals surface area contributed by atoms with Crippen LogP contribution in [-0.4, -0.2) is 31.2 Å². The number of alkyl halides is 1. The van der Waals surface area contributed by atoms with Crippen LogP contribution in [0.2, 0.25) is 0 Å². The van der Waals surface area contributed by atoms with Crippen molar-refractivity contribution in [3.63, 3.8) is 0 Å². The fraction of sp³-hybridized carbons (Fsp3) is 0.571. The van der Waals surface area contributed by atoms with Crippen molar-refractivity contribution < 1.29 is 9.66 Å². The smallest absolute Gasteiger partial charge is 0.269 e. The maximum Gasteiger partial charge on any atom is 0.269 e. The second-order valence-corrected chi connectivity index (χ2v) is 4.91. The number of nitro groups is 1. The predicted molar refractivity (Wildman–Crippen MR) is 81.6 cm³/mol. The zero-order valence-electron chi connectivity index (χ0n) is 12.1. The molecule has 1 aromatic rings. The van der Waals surface area contributed by atoms with Crippen molar-refractivity contribution in [3.8, 4) is 0 Å². The molecule has 0 fully saturated rings. The van der Waals surface area contributed by atoms with E-state index in [1.165, 1.54) is 6.07 Å². The number of non-ortho nitro benzene ring substituents is 1. The molecule has 20 heavy (non-hydrogen) atoms. The van der Waals surface area contributed by atoms with Crippen LogP contribution in [0.1, 0.15) is 25.8 Å². The van der Waals surface area contributed by atoms with Gasteiger partial charge >= 0.3 is 0 Å². The van der Waals surface area contributed by atoms with Crippen LogP contribution >= 0.6 is 11.6 Å². The van der Waals surface area contributed by atoms with Crippen molar-refractivity contribution in [2.24, 2.45) is 0 Å². The average molecular weight is 301 g/mol. The van der Waals surface area contributed by atoms with Gasteiger partial charge < -0.3 is 9.64 Å². The summed E-state index contributed by atoms with van der Waals surface area (Å²) in [6.07, 6.45) is 0.975. The highest BCUT2D eigenvalue weighted by Gasteiger charge is 2.18. The van der Waals surface area contributed by atoms with Gasteiger partial charge in [-0.25, -0.2) is 0 Å². The standard InChI is InChI=1S/C14H21ClN2O3/c1-4-11(2)16(7-8-20-3)14-6-5-13(17(18)19)9-12(14)10-15/h5-6,9,11H,4,7-8,10H2,1-3H3. The van der Waals surface area contributed by atoms with Crippen LogP contribution in [0.4, 0.5) is 11.4 Å². The largest absolute Gasteiger partial charge is 0.383 e. The fourth-order valence-corrected chi connectivity index (χ4v) is 2.28. The van der Waals surface area contributed by atoms with Gasteiger partial charge in [0.1, 0.15) is 0 Å². The Morgan fingerprint density at radius 2 is 2.20 bits per heavy atom. The third-order valence-corrected chi connectivity index (χ3v) is 3.67. The van der Waals surface area contributed by atoms with E-state index in [9.17, 15) is 10.1 Å². The quantitative estimate of drug-likeness (QED) is 0.418. The Hall–Kier alpha value is -1.33. The number of methoxy groups -OCH3 is 1. The maximum atomic E-state index is 10.8. The highest BCUT2D eigenvalue weighted by atomic mass is 35.5. The summed E-state index contributed by atoms with van der Waals surface area (Å²) in [7, 11) is 1.66. The van der Waals surface area contributed by atoms with E-state index >= 15 is 0 Å². The normalized spacial score (nSPS) is 12.2. The van der Waals surface area contributed by atoms with Crippen LogP contribution in [0.25, 0.3) is 0 Å². The number of nitro benzene ring substituents is 1. The zero-order valence-corrected chi connectivity index (χ0v) is 12.9. The molecule has 0 aromatic heterocycles. The van der Waals surface area contributed by atoms with Crippen molar-refractivity contribution in [1.29, 1.82) is 0 Å². The lowest BCUT2D eigenvalue weighted by Gasteiger charge is -2.32. The van der Waals surface area contributed by atoms with Crippen molar-refractivity contribution in [2.45, 2.75) is 32.2 Å². The van der Waals surface area contributed by atoms with Crippen LogP contribution in [0, 0.1) is 10.1 Å². The van der Waals surface area contributed by atoms with Crippen molar-refractivity contribution in [3.05, 3.63) is 33.9 Å². The fourth-order valence-electron chi connectivity index (χ4n) is 2.06. The summed E-state index contributed by atoms with van der Waals surface area (Å²) in [5, 5.41) is 10.8. The minimum absolute atomic E-state index is 0.0697. The molecule has 0 radical (unpaired) electrons. The van der Waals surface area contributed by atoms with Crippen LogP contribution in [-0.2, 0) is 10.6 Å². The van der Waals surface area contributed by atoms with Gasteiger partial charge in [0, 0.05) is 43.4 Å². The van der Waals surface area contributed by atoms with E-state index in [0.717, 1.165) is 24.2 Å². The van der Waals surface area contributed by atoms with Gasteiger partial charge in [-0.05, 0) is 25.0 Å². The van der Waals surface area contributed by atoms with Crippen molar-refractivity contribution in [1.82, 2.24) is 0 Å². The Morgan fingerprint density at radius 3 is 2.70 bits per heavy atom. The molecule has 1 aromatic carbocycles. The summed E-state index contributed by atoms with van der Waals surface area (Å²) in [5.41, 5.74) is 1.79. The number of benzene rings is 1. The van der Waals surface area contributed by atoms with E-state index in [1.807, 2.05) is 0 Å². The highest BCUT2D eigenvalue weighted by molar-refractivity contribution is 6.17. The first-order valence-electron chi connectivity index (χ1n) is 6.64. The molecule has 0 N–H and O–H groups in total. The molecule has 1 unspecified atom stereocenters. The zero-order chi connectivity index (χ0) is 15.1. The molecule has 0 aliphatic rings. The summed E-state index contributed by atoms with van der Waals surface area (Å²) in [5.74, 6) is 0.247. The summed E-state index contributed by atoms with van der Waals surface area (Å²) in [6, 6.07) is 5.16. The molecular formula is C14H21ClN2O3. The van der Waals surface area contributed by atoms with Gasteiger partial charge in [0.15, 0.2) is 0 Å². The van der Waals surface area contributed by atoms with Gasteiger partial charge in [-0.15, -0.1) is 11.6 Å². The molecule has 6 heteroatoms. The lowest BCUT2D eigenvalue weighted by Crippen LogP contribution is -2.36. The third kappa shape index (κ3) is 4.08. The van der Waals surface area contributed by atoms with Crippen molar-refractivity contribution >= 4 is 23.0 Å². The molecule has 0 saturated heterocycles. The first kappa shape index (κ1) is 16.7. The first-order chi connectivity index (χ1) is 9.54. The molecule has 5 nitrogen and oxygen atoms in total. The first-order valence-corrected chi connectivity index (χ1v) is 7.17. The average Bonchev–Trinajstić information content (AvgIpc) is 2.47. The summed E-state index contributed by atoms with van der Waals surface area (Å²) >= 11 is 5.95. The number of rotatable bonds is 8. The second kappa shape index (κ2) is 8.07. The summed E-state index contributed by atoms with van der Waals surface area (Å²) < 4.78 is 5.14. The number of hydrogen-bond acceptors (Lipinski definition) is 4. The summed E-state index contributed by atoms with van der Waals surface area (Å²) in [6.45, 7) is 5.56. The molecule has 0 spiro atoms. The van der Waals surface area contributed by atoms with E-state index < -0.39 is 4.92 Å². The van der Waals surface area contributed by atoms with Gasteiger partial charge in [-0.2, -0.15) is 0 Å². The molecule has 0 saturated carbocycles. The Kier molecular flexibility index (Phi) is 6.75. The van der Waals surface area contributed by atoms with Gasteiger partial charge in [-0.3, -0.25) is 10.1 Å². The van der Waals surface area contributed by atoms with Gasteiger partial charge in [0.05, 0.1) is 11.5 Å². The van der Waals surface area contributed by atoms with Crippen LogP contribution in [0.3, 0.4) is 0 Å². The molecule has 0 heterocycles. The van der Waals surface area contributed by atoms with Crippen LogP contribution in [0.5, 0.6) is 0 Å². The Balaban J connectivity index is 3.14. The molecule has 0 bridgehead atoms. The number of hydrogen-bond donors (Lipinski definition) is 0. The molecule has 112 valence electrons. The number of halogens is 1. The number of anilines is 1. The van der Waals surface area contributed by atoms with Crippen LogP contribution < -0.4 is 4.90 Å². The van der Waals surface area contributed by atoms with Gasteiger partial charge in [0.25, 0.3) is 5.69 Å². The SMILES string of the molecule is CCC(C)N(CCOC)c1ccc([N+](=O)[O-])cc1CCl. The lowest BCUT2D eigenvalue weighted by molar-refractivity contribution is -0.384. The molecule has 0 aliphatic carbocycles. The summed E-state index contributed by atoms with van der Waals surface area (Å²) in [4.78, 5) is 12.6. The topological polar surface area (TPSA) is 55.6 Å². The van der Waals surface area contributed by atoms with E-state index in [0.29, 0.717) is 12.6 Å². The Morgan fingerprint density at radius 1 is 1.50 bits per heavy atom. The Bertz CT molecular complexity index is 454. The van der Waals surface area contributed by atoms with E-state index in [4.69, 9.17) is 16.3 Å². The molecular weight excluding hydrogens is 280 g/mol.